The number of aromatic amines is 1. The number of unbranched alkanes of at least 4 members (excludes halogenated alkanes) is 2. The molecule has 0 spiro atoms. The first-order valence-electron chi connectivity index (χ1n) is 9.33. The molecule has 0 atom stereocenters. The monoisotopic (exact) mass is 385 g/mol. The van der Waals surface area contributed by atoms with E-state index in [4.69, 9.17) is 9.47 Å². The molecule has 1 heterocycles. The second-order valence-electron chi connectivity index (χ2n) is 6.99. The minimum absolute atomic E-state index is 0. The number of aromatic hydroxyl groups is 1. The van der Waals surface area contributed by atoms with Crippen molar-refractivity contribution in [2.24, 2.45) is 0 Å². The number of rotatable bonds is 11. The number of aryl methyl sites for hydroxylation is 1. The molecule has 8 heteroatoms. The van der Waals surface area contributed by atoms with Gasteiger partial charge >= 0.3 is 0 Å². The molecule has 0 saturated carbocycles. The van der Waals surface area contributed by atoms with E-state index in [-0.39, 0.29) is 40.7 Å². The van der Waals surface area contributed by atoms with Gasteiger partial charge in [-0.2, -0.15) is 5.21 Å². The fourth-order valence-corrected chi connectivity index (χ4v) is 2.86. The van der Waals surface area contributed by atoms with Crippen molar-refractivity contribution in [2.75, 3.05) is 13.2 Å². The molecule has 0 aliphatic carbocycles. The van der Waals surface area contributed by atoms with Gasteiger partial charge in [-0.25, -0.2) is 0 Å². The minimum Gasteiger partial charge on any atom is -0.504 e. The Labute approximate surface area is 183 Å². The van der Waals surface area contributed by atoms with Crippen molar-refractivity contribution in [1.29, 1.82) is 0 Å². The largest absolute Gasteiger partial charge is 0.504 e. The maximum atomic E-state index is 10.0. The molecule has 2 N–H and O–H groups in total. The Morgan fingerprint density at radius 3 is 2.48 bits per heavy atom. The summed E-state index contributed by atoms with van der Waals surface area (Å²) in [6.45, 7) is 9.37. The van der Waals surface area contributed by atoms with Gasteiger partial charge in [0, 0.05) is 41.0 Å². The smallest absolute Gasteiger partial charge is 0.180 e. The van der Waals surface area contributed by atoms with Crippen LogP contribution in [0, 0.1) is 0 Å². The van der Waals surface area contributed by atoms with Crippen molar-refractivity contribution < 1.29 is 14.6 Å². The molecule has 2 rings (SSSR count). The second kappa shape index (κ2) is 11.5. The van der Waals surface area contributed by atoms with Crippen LogP contribution in [0.3, 0.4) is 0 Å². The Morgan fingerprint density at radius 2 is 1.85 bits per heavy atom. The van der Waals surface area contributed by atoms with Crippen molar-refractivity contribution in [3.8, 4) is 17.2 Å². The number of H-pyrrole nitrogens is 1. The van der Waals surface area contributed by atoms with Gasteiger partial charge < -0.3 is 14.6 Å². The molecule has 27 heavy (non-hydrogen) atoms. The molecule has 2 aromatic rings. The molecule has 0 bridgehead atoms. The number of tetrazole rings is 1. The molecular weight excluding hydrogens is 355 g/mol. The third-order valence-corrected chi connectivity index (χ3v) is 4.48. The summed E-state index contributed by atoms with van der Waals surface area (Å²) in [6.07, 6.45) is 4.91. The van der Waals surface area contributed by atoms with E-state index >= 15 is 0 Å². The first kappa shape index (κ1) is 23.7. The summed E-state index contributed by atoms with van der Waals surface area (Å²) >= 11 is 0. The summed E-state index contributed by atoms with van der Waals surface area (Å²) in [6, 6.07) is 3.52. The first-order valence-corrected chi connectivity index (χ1v) is 9.33. The van der Waals surface area contributed by atoms with E-state index in [1.165, 1.54) is 0 Å². The SMILES string of the molecule is CCOc1cc(CC)c(OCCCCCC(C)(C)c2nn[nH]n2)cc1O.[Na]. The van der Waals surface area contributed by atoms with Gasteiger partial charge in [-0.1, -0.05) is 38.8 Å². The van der Waals surface area contributed by atoms with Gasteiger partial charge in [-0.3, -0.25) is 0 Å². The number of ether oxygens (including phenoxy) is 2. The molecule has 0 fully saturated rings. The van der Waals surface area contributed by atoms with Crippen molar-refractivity contribution in [3.63, 3.8) is 0 Å². The Bertz CT molecular complexity index is 678. The number of nitrogens with one attached hydrogen (secondary N) is 1. The van der Waals surface area contributed by atoms with Crippen LogP contribution in [-0.2, 0) is 11.8 Å². The molecule has 0 aliphatic heterocycles. The first-order chi connectivity index (χ1) is 12.5. The van der Waals surface area contributed by atoms with Crippen LogP contribution in [0.25, 0.3) is 0 Å². The van der Waals surface area contributed by atoms with Gasteiger partial charge in [0.15, 0.2) is 17.3 Å². The van der Waals surface area contributed by atoms with Gasteiger partial charge in [0.05, 0.1) is 13.2 Å². The zero-order valence-electron chi connectivity index (χ0n) is 17.2. The topological polar surface area (TPSA) is 93.2 Å². The van der Waals surface area contributed by atoms with Gasteiger partial charge in [0.2, 0.25) is 0 Å². The number of hydrogen-bond donors (Lipinski definition) is 2. The average Bonchev–Trinajstić information content (AvgIpc) is 3.15. The van der Waals surface area contributed by atoms with Crippen LogP contribution in [-0.4, -0.2) is 68.5 Å². The van der Waals surface area contributed by atoms with Gasteiger partial charge in [-0.15, -0.1) is 10.2 Å². The average molecular weight is 385 g/mol. The predicted molar refractivity (Wildman–Crippen MR) is 106 cm³/mol. The van der Waals surface area contributed by atoms with E-state index in [1.807, 2.05) is 13.0 Å². The molecule has 1 aromatic heterocycles. The van der Waals surface area contributed by atoms with Crippen molar-refractivity contribution >= 4 is 29.6 Å². The number of phenolic OH excluding ortho intramolecular Hbond substituents is 1. The summed E-state index contributed by atoms with van der Waals surface area (Å²) in [4.78, 5) is 0. The summed E-state index contributed by atoms with van der Waals surface area (Å²) in [5.74, 6) is 2.13. The van der Waals surface area contributed by atoms with Gasteiger partial charge in [0.1, 0.15) is 5.75 Å². The zero-order chi connectivity index (χ0) is 19.0. The van der Waals surface area contributed by atoms with E-state index < -0.39 is 0 Å². The number of hydrogen-bond acceptors (Lipinski definition) is 6. The molecule has 7 nitrogen and oxygen atoms in total. The van der Waals surface area contributed by atoms with E-state index in [9.17, 15) is 5.11 Å². The second-order valence-corrected chi connectivity index (χ2v) is 6.99. The van der Waals surface area contributed by atoms with Crippen molar-refractivity contribution in [1.82, 2.24) is 20.6 Å². The summed E-state index contributed by atoms with van der Waals surface area (Å²) in [7, 11) is 0. The summed E-state index contributed by atoms with van der Waals surface area (Å²) in [5, 5.41) is 24.4. The van der Waals surface area contributed by atoms with Crippen LogP contribution in [0.4, 0.5) is 0 Å². The normalized spacial score (nSPS) is 11.1. The number of nitrogens with zero attached hydrogens (tertiary/aromatic N) is 3. The Hall–Kier alpha value is -1.31. The summed E-state index contributed by atoms with van der Waals surface area (Å²) < 4.78 is 11.3. The zero-order valence-corrected chi connectivity index (χ0v) is 19.2. The van der Waals surface area contributed by atoms with Crippen LogP contribution in [0.1, 0.15) is 64.8 Å². The Balaban J connectivity index is 0.00000364. The molecule has 1 aromatic carbocycles. The molecule has 0 saturated heterocycles. The van der Waals surface area contributed by atoms with Crippen LogP contribution in [0.15, 0.2) is 12.1 Å². The Kier molecular flexibility index (Phi) is 10.1. The van der Waals surface area contributed by atoms with Crippen LogP contribution < -0.4 is 9.47 Å². The van der Waals surface area contributed by atoms with E-state index in [0.717, 1.165) is 49.2 Å². The van der Waals surface area contributed by atoms with E-state index in [1.54, 1.807) is 6.07 Å². The fourth-order valence-electron chi connectivity index (χ4n) is 2.86. The quantitative estimate of drug-likeness (QED) is 0.455. The minimum atomic E-state index is -0.0792. The van der Waals surface area contributed by atoms with Crippen molar-refractivity contribution in [3.05, 3.63) is 23.5 Å². The molecule has 145 valence electrons. The molecule has 1 radical (unpaired) electrons. The van der Waals surface area contributed by atoms with Crippen molar-refractivity contribution in [2.45, 2.75) is 65.2 Å². The third kappa shape index (κ3) is 6.97. The van der Waals surface area contributed by atoms with Crippen LogP contribution >= 0.6 is 0 Å². The molecule has 0 amide bonds. The molecular formula is C19H30N4NaO3. The number of benzene rings is 1. The predicted octanol–water partition coefficient (Wildman–Crippen LogP) is 3.40. The van der Waals surface area contributed by atoms with Crippen LogP contribution in [0.2, 0.25) is 0 Å². The summed E-state index contributed by atoms with van der Waals surface area (Å²) in [5.41, 5.74) is 0.967. The number of phenols is 1. The van der Waals surface area contributed by atoms with E-state index in [0.29, 0.717) is 19.0 Å². The molecule has 0 unspecified atom stereocenters. The third-order valence-electron chi connectivity index (χ3n) is 4.48. The maximum Gasteiger partial charge on any atom is 0.180 e. The maximum absolute atomic E-state index is 10.0. The van der Waals surface area contributed by atoms with Gasteiger partial charge in [0.25, 0.3) is 0 Å². The standard InChI is InChI=1S/C19H30N4O3.Na/c1-5-14-12-17(25-6-2)15(24)13-16(14)26-11-9-7-8-10-19(3,4)18-20-22-23-21-18;/h12-13,24H,5-11H2,1-4H3,(H,20,21,22,23);. The van der Waals surface area contributed by atoms with E-state index in [2.05, 4.69) is 41.4 Å². The van der Waals surface area contributed by atoms with Gasteiger partial charge in [-0.05, 0) is 37.8 Å². The van der Waals surface area contributed by atoms with Crippen LogP contribution in [0.5, 0.6) is 17.2 Å². The Morgan fingerprint density at radius 1 is 1.07 bits per heavy atom. The fraction of sp³-hybridized carbons (Fsp3) is 0.632. The molecule has 0 aliphatic rings. The number of aromatic nitrogens is 4.